The fourth-order valence-electron chi connectivity index (χ4n) is 2.58. The summed E-state index contributed by atoms with van der Waals surface area (Å²) in [6.45, 7) is 5.17. The molecule has 5 nitrogen and oxygen atoms in total. The van der Waals surface area contributed by atoms with E-state index in [1.54, 1.807) is 31.2 Å². The number of hydrogen-bond acceptors (Lipinski definition) is 5. The molecule has 1 saturated carbocycles. The Hall–Kier alpha value is -1.59. The number of esters is 1. The van der Waals surface area contributed by atoms with Crippen LogP contribution in [-0.2, 0) is 4.74 Å². The van der Waals surface area contributed by atoms with Crippen LogP contribution in [0.5, 0.6) is 5.75 Å². The van der Waals surface area contributed by atoms with E-state index in [1.165, 1.54) is 12.8 Å². The highest BCUT2D eigenvalue weighted by molar-refractivity contribution is 5.89. The third-order valence-electron chi connectivity index (χ3n) is 4.31. The number of aliphatic hydroxyl groups is 1. The van der Waals surface area contributed by atoms with E-state index in [1.807, 2.05) is 7.05 Å². The second kappa shape index (κ2) is 8.31. The average molecular weight is 321 g/mol. The zero-order valence-corrected chi connectivity index (χ0v) is 14.2. The zero-order valence-electron chi connectivity index (χ0n) is 14.2. The van der Waals surface area contributed by atoms with Crippen LogP contribution in [0.1, 0.15) is 37.0 Å². The Bertz CT molecular complexity index is 498. The van der Waals surface area contributed by atoms with Gasteiger partial charge in [0.05, 0.1) is 12.2 Å². The minimum Gasteiger partial charge on any atom is -0.491 e. The van der Waals surface area contributed by atoms with E-state index in [2.05, 4.69) is 11.8 Å². The van der Waals surface area contributed by atoms with E-state index < -0.39 is 6.10 Å². The number of rotatable bonds is 9. The van der Waals surface area contributed by atoms with E-state index in [-0.39, 0.29) is 12.6 Å². The first-order valence-electron chi connectivity index (χ1n) is 8.29. The molecule has 0 spiro atoms. The van der Waals surface area contributed by atoms with Crippen molar-refractivity contribution in [2.75, 3.05) is 26.8 Å². The summed E-state index contributed by atoms with van der Waals surface area (Å²) in [5, 5.41) is 10.1. The summed E-state index contributed by atoms with van der Waals surface area (Å²) in [5.74, 6) is 1.08. The lowest BCUT2D eigenvalue weighted by atomic mass is 10.2. The molecule has 0 saturated heterocycles. The van der Waals surface area contributed by atoms with Gasteiger partial charge in [-0.1, -0.05) is 0 Å². The van der Waals surface area contributed by atoms with Gasteiger partial charge in [0.2, 0.25) is 0 Å². The maximum Gasteiger partial charge on any atom is 0.338 e. The second-order valence-electron chi connectivity index (χ2n) is 6.23. The summed E-state index contributed by atoms with van der Waals surface area (Å²) < 4.78 is 10.5. The number of carbonyl (C=O) groups excluding carboxylic acids is 1. The Balaban J connectivity index is 1.75. The lowest BCUT2D eigenvalue weighted by Crippen LogP contribution is -2.39. The van der Waals surface area contributed by atoms with Gasteiger partial charge in [-0.3, -0.25) is 0 Å². The summed E-state index contributed by atoms with van der Waals surface area (Å²) in [4.78, 5) is 13.7. The van der Waals surface area contributed by atoms with Crippen LogP contribution in [0.4, 0.5) is 0 Å². The fourth-order valence-corrected chi connectivity index (χ4v) is 2.58. The molecule has 0 aromatic heterocycles. The Labute approximate surface area is 138 Å². The standard InChI is InChI=1S/C18H27NO4/c1-4-22-18(21)15-7-9-17(10-8-15)23-12-16(20)11-19(3)13(2)14-5-6-14/h7-10,13-14,16,20H,4-6,11-12H2,1-3H3. The van der Waals surface area contributed by atoms with Gasteiger partial charge in [-0.2, -0.15) is 0 Å². The van der Waals surface area contributed by atoms with E-state index in [0.717, 1.165) is 5.92 Å². The summed E-state index contributed by atoms with van der Waals surface area (Å²) in [5.41, 5.74) is 0.498. The van der Waals surface area contributed by atoms with Crippen molar-refractivity contribution in [3.63, 3.8) is 0 Å². The molecule has 0 aliphatic heterocycles. The first kappa shape index (κ1) is 17.8. The smallest absolute Gasteiger partial charge is 0.338 e. The molecular formula is C18H27NO4. The van der Waals surface area contributed by atoms with Crippen molar-refractivity contribution in [3.8, 4) is 5.75 Å². The van der Waals surface area contributed by atoms with E-state index in [4.69, 9.17) is 9.47 Å². The van der Waals surface area contributed by atoms with Gasteiger partial charge in [0.25, 0.3) is 0 Å². The number of aliphatic hydroxyl groups excluding tert-OH is 1. The van der Waals surface area contributed by atoms with Crippen molar-refractivity contribution in [3.05, 3.63) is 29.8 Å². The minimum absolute atomic E-state index is 0.237. The molecule has 1 aromatic rings. The topological polar surface area (TPSA) is 59.0 Å². The van der Waals surface area contributed by atoms with Crippen LogP contribution >= 0.6 is 0 Å². The van der Waals surface area contributed by atoms with Crippen LogP contribution in [0.25, 0.3) is 0 Å². The Morgan fingerprint density at radius 1 is 1.35 bits per heavy atom. The first-order chi connectivity index (χ1) is 11.0. The lowest BCUT2D eigenvalue weighted by Gasteiger charge is -2.26. The summed E-state index contributed by atoms with van der Waals surface area (Å²) >= 11 is 0. The number of ether oxygens (including phenoxy) is 2. The number of nitrogens with zero attached hydrogens (tertiary/aromatic N) is 1. The Morgan fingerprint density at radius 2 is 2.00 bits per heavy atom. The molecule has 1 fully saturated rings. The molecule has 128 valence electrons. The molecule has 0 radical (unpaired) electrons. The van der Waals surface area contributed by atoms with Gasteiger partial charge in [0.1, 0.15) is 18.5 Å². The molecule has 0 amide bonds. The fraction of sp³-hybridized carbons (Fsp3) is 0.611. The molecule has 2 unspecified atom stereocenters. The van der Waals surface area contributed by atoms with Crippen molar-refractivity contribution in [2.24, 2.45) is 5.92 Å². The quantitative estimate of drug-likeness (QED) is 0.708. The monoisotopic (exact) mass is 321 g/mol. The molecule has 0 heterocycles. The second-order valence-corrected chi connectivity index (χ2v) is 6.23. The molecule has 1 aliphatic rings. The maximum absolute atomic E-state index is 11.6. The van der Waals surface area contributed by atoms with Crippen LogP contribution < -0.4 is 4.74 Å². The van der Waals surface area contributed by atoms with Crippen molar-refractivity contribution < 1.29 is 19.4 Å². The van der Waals surface area contributed by atoms with Gasteiger partial charge in [-0.15, -0.1) is 0 Å². The van der Waals surface area contributed by atoms with Gasteiger partial charge < -0.3 is 19.5 Å². The van der Waals surface area contributed by atoms with Crippen molar-refractivity contribution in [1.29, 1.82) is 0 Å². The van der Waals surface area contributed by atoms with Gasteiger partial charge in [0, 0.05) is 12.6 Å². The van der Waals surface area contributed by atoms with Gasteiger partial charge >= 0.3 is 5.97 Å². The Morgan fingerprint density at radius 3 is 2.57 bits per heavy atom. The van der Waals surface area contributed by atoms with Crippen molar-refractivity contribution >= 4 is 5.97 Å². The van der Waals surface area contributed by atoms with E-state index in [0.29, 0.717) is 30.5 Å². The summed E-state index contributed by atoms with van der Waals surface area (Å²) in [6, 6.07) is 7.28. The maximum atomic E-state index is 11.6. The largest absolute Gasteiger partial charge is 0.491 e. The van der Waals surface area contributed by atoms with Crippen molar-refractivity contribution in [2.45, 2.75) is 38.8 Å². The predicted octanol–water partition coefficient (Wildman–Crippen LogP) is 2.33. The third kappa shape index (κ3) is 5.52. The first-order valence-corrected chi connectivity index (χ1v) is 8.29. The lowest BCUT2D eigenvalue weighted by molar-refractivity contribution is 0.0525. The van der Waals surface area contributed by atoms with Crippen LogP contribution in [0.3, 0.4) is 0 Å². The molecule has 23 heavy (non-hydrogen) atoms. The number of benzene rings is 1. The zero-order chi connectivity index (χ0) is 16.8. The number of carbonyl (C=O) groups is 1. The van der Waals surface area contributed by atoms with Crippen molar-refractivity contribution in [1.82, 2.24) is 4.90 Å². The van der Waals surface area contributed by atoms with Gasteiger partial charge in [-0.25, -0.2) is 4.79 Å². The minimum atomic E-state index is -0.536. The molecular weight excluding hydrogens is 294 g/mol. The Kier molecular flexibility index (Phi) is 6.42. The third-order valence-corrected chi connectivity index (χ3v) is 4.31. The average Bonchev–Trinajstić information content (AvgIpc) is 3.37. The van der Waals surface area contributed by atoms with Crippen LogP contribution in [0.15, 0.2) is 24.3 Å². The SMILES string of the molecule is CCOC(=O)c1ccc(OCC(O)CN(C)C(C)C2CC2)cc1. The summed E-state index contributed by atoms with van der Waals surface area (Å²) in [6.07, 6.45) is 2.06. The highest BCUT2D eigenvalue weighted by Gasteiger charge is 2.31. The highest BCUT2D eigenvalue weighted by Crippen LogP contribution is 2.34. The predicted molar refractivity (Wildman–Crippen MR) is 88.7 cm³/mol. The van der Waals surface area contributed by atoms with Crippen LogP contribution in [0.2, 0.25) is 0 Å². The molecule has 1 N–H and O–H groups in total. The molecule has 2 atom stereocenters. The van der Waals surface area contributed by atoms with Crippen LogP contribution in [0, 0.1) is 5.92 Å². The number of hydrogen-bond donors (Lipinski definition) is 1. The van der Waals surface area contributed by atoms with Crippen LogP contribution in [-0.4, -0.2) is 54.9 Å². The molecule has 5 heteroatoms. The molecule has 1 aromatic carbocycles. The highest BCUT2D eigenvalue weighted by atomic mass is 16.5. The molecule has 1 aliphatic carbocycles. The van der Waals surface area contributed by atoms with Gasteiger partial charge in [-0.05, 0) is 63.9 Å². The molecule has 0 bridgehead atoms. The molecule has 2 rings (SSSR count). The van der Waals surface area contributed by atoms with E-state index in [9.17, 15) is 9.90 Å². The normalized spacial score (nSPS) is 16.9. The summed E-state index contributed by atoms with van der Waals surface area (Å²) in [7, 11) is 2.04. The van der Waals surface area contributed by atoms with Gasteiger partial charge in [0.15, 0.2) is 0 Å². The number of likely N-dealkylation sites (N-methyl/N-ethyl adjacent to an activating group) is 1. The van der Waals surface area contributed by atoms with E-state index >= 15 is 0 Å².